The summed E-state index contributed by atoms with van der Waals surface area (Å²) < 4.78 is 5.26. The van der Waals surface area contributed by atoms with Gasteiger partial charge in [0.1, 0.15) is 11.9 Å². The first-order valence-electron chi connectivity index (χ1n) is 7.82. The molecule has 0 aromatic rings. The number of hydrogen-bond donors (Lipinski definition) is 1. The lowest BCUT2D eigenvalue weighted by molar-refractivity contribution is -0.110. The van der Waals surface area contributed by atoms with Crippen molar-refractivity contribution in [2.45, 2.75) is 64.9 Å². The van der Waals surface area contributed by atoms with Gasteiger partial charge < -0.3 is 14.8 Å². The van der Waals surface area contributed by atoms with Gasteiger partial charge in [0.15, 0.2) is 0 Å². The summed E-state index contributed by atoms with van der Waals surface area (Å²) in [7, 11) is 0. The molecular weight excluding hydrogens is 266 g/mol. The van der Waals surface area contributed by atoms with Crippen LogP contribution in [-0.2, 0) is 9.53 Å². The molecule has 4 nitrogen and oxygen atoms in total. The van der Waals surface area contributed by atoms with Crippen molar-refractivity contribution < 1.29 is 14.3 Å². The number of rotatable bonds is 6. The van der Waals surface area contributed by atoms with Crippen LogP contribution in [-0.4, -0.2) is 24.5 Å². The second kappa shape index (κ2) is 7.62. The molecular formula is C17H29NO3. The minimum absolute atomic E-state index is 0.101. The Bertz CT molecular complexity index is 363. The number of carbonyl (C=O) groups excluding carboxylic acids is 2. The lowest BCUT2D eigenvalue weighted by Crippen LogP contribution is -2.42. The van der Waals surface area contributed by atoms with Crippen LogP contribution in [0.15, 0.2) is 12.7 Å². The molecule has 0 heterocycles. The van der Waals surface area contributed by atoms with Gasteiger partial charge in [0.05, 0.1) is 0 Å². The number of carbonyl (C=O) groups is 2. The van der Waals surface area contributed by atoms with Crippen molar-refractivity contribution in [1.29, 1.82) is 0 Å². The smallest absolute Gasteiger partial charge is 0.407 e. The first-order valence-corrected chi connectivity index (χ1v) is 7.82. The molecule has 1 amide bonds. The first kappa shape index (κ1) is 17.7. The van der Waals surface area contributed by atoms with E-state index in [4.69, 9.17) is 4.74 Å². The van der Waals surface area contributed by atoms with E-state index < -0.39 is 11.7 Å². The average molecular weight is 295 g/mol. The highest BCUT2D eigenvalue weighted by Crippen LogP contribution is 2.41. The molecule has 0 bridgehead atoms. The monoisotopic (exact) mass is 295 g/mol. The van der Waals surface area contributed by atoms with E-state index in [1.165, 1.54) is 0 Å². The second-order valence-corrected chi connectivity index (χ2v) is 7.19. The summed E-state index contributed by atoms with van der Waals surface area (Å²) in [5.41, 5.74) is -0.597. The summed E-state index contributed by atoms with van der Waals surface area (Å²) >= 11 is 0. The van der Waals surface area contributed by atoms with Crippen molar-refractivity contribution in [3.63, 3.8) is 0 Å². The van der Waals surface area contributed by atoms with Crippen LogP contribution in [0.5, 0.6) is 0 Å². The Morgan fingerprint density at radius 3 is 2.48 bits per heavy atom. The van der Waals surface area contributed by atoms with Crippen LogP contribution in [0.3, 0.4) is 0 Å². The predicted molar refractivity (Wildman–Crippen MR) is 84.1 cm³/mol. The molecule has 0 aromatic heterocycles. The van der Waals surface area contributed by atoms with Crippen molar-refractivity contribution in [2.24, 2.45) is 11.3 Å². The molecule has 1 fully saturated rings. The fourth-order valence-corrected chi connectivity index (χ4v) is 2.97. The summed E-state index contributed by atoms with van der Waals surface area (Å²) in [5.74, 6) is 0.670. The third-order valence-electron chi connectivity index (χ3n) is 4.19. The molecule has 4 heteroatoms. The highest BCUT2D eigenvalue weighted by atomic mass is 16.6. The fourth-order valence-electron chi connectivity index (χ4n) is 2.97. The van der Waals surface area contributed by atoms with Gasteiger partial charge in [0.25, 0.3) is 0 Å². The van der Waals surface area contributed by atoms with E-state index in [0.717, 1.165) is 38.4 Å². The van der Waals surface area contributed by atoms with Crippen LogP contribution in [0.4, 0.5) is 4.79 Å². The molecule has 21 heavy (non-hydrogen) atoms. The average Bonchev–Trinajstić information content (AvgIpc) is 2.38. The summed E-state index contributed by atoms with van der Waals surface area (Å²) in [5, 5.41) is 2.84. The molecule has 0 atom stereocenters. The molecule has 0 spiro atoms. The standard InChI is InChI=1S/C17H29NO3/c1-5-6-14-7-9-17(10-8-14,11-12-19)13-18-15(20)21-16(2,3)4/h5,12,14H,1,6-11,13H2,2-4H3,(H,18,20). The largest absolute Gasteiger partial charge is 0.444 e. The van der Waals surface area contributed by atoms with Gasteiger partial charge in [-0.1, -0.05) is 6.08 Å². The van der Waals surface area contributed by atoms with Crippen LogP contribution in [0.2, 0.25) is 0 Å². The van der Waals surface area contributed by atoms with Crippen molar-refractivity contribution in [3.05, 3.63) is 12.7 Å². The second-order valence-electron chi connectivity index (χ2n) is 7.19. The van der Waals surface area contributed by atoms with E-state index in [9.17, 15) is 9.59 Å². The van der Waals surface area contributed by atoms with Crippen molar-refractivity contribution in [2.75, 3.05) is 6.54 Å². The number of alkyl carbamates (subject to hydrolysis) is 1. The maximum Gasteiger partial charge on any atom is 0.407 e. The van der Waals surface area contributed by atoms with Crippen LogP contribution in [0, 0.1) is 11.3 Å². The van der Waals surface area contributed by atoms with Crippen LogP contribution in [0.1, 0.15) is 59.3 Å². The summed E-state index contributed by atoms with van der Waals surface area (Å²) in [6, 6.07) is 0. The Hall–Kier alpha value is -1.32. The molecule has 1 aliphatic carbocycles. The number of hydrogen-bond acceptors (Lipinski definition) is 3. The molecule has 0 radical (unpaired) electrons. The van der Waals surface area contributed by atoms with Gasteiger partial charge in [-0.2, -0.15) is 0 Å². The zero-order valence-electron chi connectivity index (χ0n) is 13.6. The zero-order chi connectivity index (χ0) is 15.9. The number of ether oxygens (including phenoxy) is 1. The molecule has 1 rings (SSSR count). The molecule has 0 aliphatic heterocycles. The minimum Gasteiger partial charge on any atom is -0.444 e. The molecule has 1 N–H and O–H groups in total. The molecule has 0 unspecified atom stereocenters. The number of allylic oxidation sites excluding steroid dienone is 1. The normalized spacial score (nSPS) is 26.0. The Balaban J connectivity index is 2.52. The SMILES string of the molecule is C=CCC1CCC(CC=O)(CNC(=O)OC(C)(C)C)CC1. The Labute approximate surface area is 128 Å². The van der Waals surface area contributed by atoms with Crippen LogP contribution >= 0.6 is 0 Å². The highest BCUT2D eigenvalue weighted by Gasteiger charge is 2.35. The predicted octanol–water partition coefficient (Wildman–Crippen LogP) is 3.85. The van der Waals surface area contributed by atoms with Gasteiger partial charge in [-0.3, -0.25) is 0 Å². The van der Waals surface area contributed by atoms with Crippen LogP contribution in [0.25, 0.3) is 0 Å². The maximum absolute atomic E-state index is 11.8. The molecule has 1 saturated carbocycles. The van der Waals surface area contributed by atoms with Crippen molar-refractivity contribution >= 4 is 12.4 Å². The Kier molecular flexibility index (Phi) is 6.43. The van der Waals surface area contributed by atoms with E-state index in [1.807, 2.05) is 26.8 Å². The zero-order valence-corrected chi connectivity index (χ0v) is 13.6. The number of amides is 1. The molecule has 0 saturated heterocycles. The van der Waals surface area contributed by atoms with Crippen molar-refractivity contribution in [1.82, 2.24) is 5.32 Å². The third kappa shape index (κ3) is 6.32. The van der Waals surface area contributed by atoms with Gasteiger partial charge in [-0.05, 0) is 64.2 Å². The molecule has 0 aromatic carbocycles. The van der Waals surface area contributed by atoms with E-state index in [1.54, 1.807) is 0 Å². The molecule has 120 valence electrons. The lowest BCUT2D eigenvalue weighted by Gasteiger charge is -2.39. The number of aldehydes is 1. The Morgan fingerprint density at radius 1 is 1.38 bits per heavy atom. The van der Waals surface area contributed by atoms with E-state index in [0.29, 0.717) is 18.9 Å². The number of nitrogens with one attached hydrogen (secondary N) is 1. The minimum atomic E-state index is -0.497. The van der Waals surface area contributed by atoms with Gasteiger partial charge in [0.2, 0.25) is 0 Å². The lowest BCUT2D eigenvalue weighted by atomic mass is 9.68. The van der Waals surface area contributed by atoms with Gasteiger partial charge in [-0.25, -0.2) is 4.79 Å². The maximum atomic E-state index is 11.8. The summed E-state index contributed by atoms with van der Waals surface area (Å²) in [6.45, 7) is 9.83. The highest BCUT2D eigenvalue weighted by molar-refractivity contribution is 5.67. The van der Waals surface area contributed by atoms with E-state index >= 15 is 0 Å². The van der Waals surface area contributed by atoms with Gasteiger partial charge in [0, 0.05) is 13.0 Å². The fraction of sp³-hybridized carbons (Fsp3) is 0.765. The van der Waals surface area contributed by atoms with Crippen molar-refractivity contribution in [3.8, 4) is 0 Å². The third-order valence-corrected chi connectivity index (χ3v) is 4.19. The summed E-state index contributed by atoms with van der Waals surface area (Å²) in [6.07, 6.45) is 8.22. The van der Waals surface area contributed by atoms with E-state index in [-0.39, 0.29) is 5.41 Å². The Morgan fingerprint density at radius 2 is 2.00 bits per heavy atom. The van der Waals surface area contributed by atoms with E-state index in [2.05, 4.69) is 11.9 Å². The molecule has 1 aliphatic rings. The van der Waals surface area contributed by atoms with Gasteiger partial charge in [-0.15, -0.1) is 6.58 Å². The van der Waals surface area contributed by atoms with Gasteiger partial charge >= 0.3 is 6.09 Å². The quantitative estimate of drug-likeness (QED) is 0.598. The van der Waals surface area contributed by atoms with Crippen LogP contribution < -0.4 is 5.32 Å². The summed E-state index contributed by atoms with van der Waals surface area (Å²) in [4.78, 5) is 22.8. The first-order chi connectivity index (χ1) is 9.80. The topological polar surface area (TPSA) is 55.4 Å².